The lowest BCUT2D eigenvalue weighted by Crippen LogP contribution is -2.54. The zero-order valence-electron chi connectivity index (χ0n) is 21.3. The largest absolute Gasteiger partial charge is 0.494 e. The highest BCUT2D eigenvalue weighted by Crippen LogP contribution is 2.43. The number of barbiturate groups is 1. The highest BCUT2D eigenvalue weighted by atomic mass is 35.5. The zero-order valence-corrected chi connectivity index (χ0v) is 22.0. The molecule has 0 spiro atoms. The summed E-state index contributed by atoms with van der Waals surface area (Å²) in [6.07, 6.45) is 1.18. The van der Waals surface area contributed by atoms with Gasteiger partial charge in [0.1, 0.15) is 11.3 Å². The van der Waals surface area contributed by atoms with Gasteiger partial charge in [-0.1, -0.05) is 11.6 Å². The minimum Gasteiger partial charge on any atom is -0.494 e. The summed E-state index contributed by atoms with van der Waals surface area (Å²) in [7, 11) is 1.25. The number of carbonyl (C=O) groups is 3. The molecule has 0 aromatic heterocycles. The van der Waals surface area contributed by atoms with Crippen molar-refractivity contribution in [3.8, 4) is 23.0 Å². The first-order valence-corrected chi connectivity index (χ1v) is 12.0. The third kappa shape index (κ3) is 5.91. The van der Waals surface area contributed by atoms with Crippen LogP contribution in [-0.2, 0) is 9.59 Å². The first kappa shape index (κ1) is 28.5. The Morgan fingerprint density at radius 1 is 0.976 bits per heavy atom. The molecule has 15 heteroatoms. The quantitative estimate of drug-likeness (QED) is 0.156. The number of non-ortho nitro benzene ring substituents is 1. The fourth-order valence-electron chi connectivity index (χ4n) is 3.80. The highest BCUT2D eigenvalue weighted by molar-refractivity contribution is 6.39. The molecule has 1 N–H and O–H groups in total. The van der Waals surface area contributed by atoms with E-state index in [-0.39, 0.29) is 33.5 Å². The van der Waals surface area contributed by atoms with Crippen molar-refractivity contribution in [3.05, 3.63) is 91.0 Å². The number of methoxy groups -OCH3 is 1. The van der Waals surface area contributed by atoms with Crippen molar-refractivity contribution in [2.24, 2.45) is 0 Å². The van der Waals surface area contributed by atoms with E-state index in [1.165, 1.54) is 37.5 Å². The van der Waals surface area contributed by atoms with Crippen LogP contribution in [0.25, 0.3) is 6.08 Å². The molecule has 0 aliphatic carbocycles. The molecular weight excluding hydrogens is 564 g/mol. The number of amides is 4. The van der Waals surface area contributed by atoms with E-state index >= 15 is 0 Å². The standard InChI is InChI=1S/C26H19ClN4O10/c1-3-40-17-7-4-15(5-8-17)29-25(33)18(24(32)28-26(29)34)10-14-11-19(27)23(22(12-14)39-2)41-21-9-6-16(30(35)36)13-20(21)31(37)38/h4-13H,3H2,1-2H3,(H,28,32,34)/b18-10+. The summed E-state index contributed by atoms with van der Waals surface area (Å²) in [5.41, 5.74) is -1.21. The predicted octanol–water partition coefficient (Wildman–Crippen LogP) is 5.02. The molecule has 1 heterocycles. The van der Waals surface area contributed by atoms with Gasteiger partial charge in [0.2, 0.25) is 5.75 Å². The van der Waals surface area contributed by atoms with E-state index in [1.54, 1.807) is 19.1 Å². The fraction of sp³-hybridized carbons (Fsp3) is 0.115. The Kier molecular flexibility index (Phi) is 8.14. The van der Waals surface area contributed by atoms with Crippen molar-refractivity contribution in [1.29, 1.82) is 0 Å². The average molecular weight is 583 g/mol. The smallest absolute Gasteiger partial charge is 0.335 e. The van der Waals surface area contributed by atoms with Gasteiger partial charge in [-0.15, -0.1) is 0 Å². The molecule has 41 heavy (non-hydrogen) atoms. The van der Waals surface area contributed by atoms with Gasteiger partial charge in [0, 0.05) is 6.07 Å². The van der Waals surface area contributed by atoms with Gasteiger partial charge in [0.05, 0.1) is 40.3 Å². The molecule has 3 aromatic rings. The molecule has 1 saturated heterocycles. The number of rotatable bonds is 9. The van der Waals surface area contributed by atoms with Crippen LogP contribution in [0.2, 0.25) is 5.02 Å². The summed E-state index contributed by atoms with van der Waals surface area (Å²) in [6, 6.07) is 10.6. The van der Waals surface area contributed by atoms with Crippen LogP contribution in [0.3, 0.4) is 0 Å². The van der Waals surface area contributed by atoms with Crippen molar-refractivity contribution in [2.45, 2.75) is 6.92 Å². The van der Waals surface area contributed by atoms with Gasteiger partial charge in [-0.25, -0.2) is 9.69 Å². The summed E-state index contributed by atoms with van der Waals surface area (Å²) in [5.74, 6) is -1.88. The van der Waals surface area contributed by atoms with Crippen LogP contribution >= 0.6 is 11.6 Å². The summed E-state index contributed by atoms with van der Waals surface area (Å²) in [5, 5.41) is 24.5. The molecule has 4 rings (SSSR count). The van der Waals surface area contributed by atoms with Crippen molar-refractivity contribution < 1.29 is 38.4 Å². The molecule has 1 fully saturated rings. The molecule has 1 aliphatic rings. The number of ether oxygens (including phenoxy) is 3. The summed E-state index contributed by atoms with van der Waals surface area (Å²) in [6.45, 7) is 2.22. The molecule has 0 radical (unpaired) electrons. The van der Waals surface area contributed by atoms with E-state index in [0.29, 0.717) is 12.4 Å². The predicted molar refractivity (Wildman–Crippen MR) is 144 cm³/mol. The van der Waals surface area contributed by atoms with Gasteiger partial charge in [-0.05, 0) is 61.0 Å². The van der Waals surface area contributed by atoms with Crippen LogP contribution in [0.5, 0.6) is 23.0 Å². The maximum atomic E-state index is 13.2. The summed E-state index contributed by atoms with van der Waals surface area (Å²) < 4.78 is 16.3. The lowest BCUT2D eigenvalue weighted by molar-refractivity contribution is -0.394. The lowest BCUT2D eigenvalue weighted by atomic mass is 10.1. The third-order valence-electron chi connectivity index (χ3n) is 5.63. The first-order valence-electron chi connectivity index (χ1n) is 11.7. The Morgan fingerprint density at radius 2 is 1.68 bits per heavy atom. The lowest BCUT2D eigenvalue weighted by Gasteiger charge is -2.26. The highest BCUT2D eigenvalue weighted by Gasteiger charge is 2.37. The normalized spacial score (nSPS) is 14.1. The number of urea groups is 1. The van der Waals surface area contributed by atoms with Crippen LogP contribution in [-0.4, -0.2) is 41.4 Å². The Morgan fingerprint density at radius 3 is 2.29 bits per heavy atom. The minimum absolute atomic E-state index is 0.0416. The van der Waals surface area contributed by atoms with Gasteiger partial charge in [-0.2, -0.15) is 0 Å². The van der Waals surface area contributed by atoms with Crippen LogP contribution in [0.4, 0.5) is 21.9 Å². The Hall–Kier alpha value is -5.50. The Bertz CT molecular complexity index is 1620. The minimum atomic E-state index is -0.945. The number of imide groups is 2. The SMILES string of the molecule is CCOc1ccc(N2C(=O)NC(=O)/C(=C\c3cc(Cl)c(Oc4ccc([N+](=O)[O-])cc4[N+](=O)[O-])c(OC)c3)C2=O)cc1. The average Bonchev–Trinajstić information content (AvgIpc) is 2.93. The number of halogens is 1. The van der Waals surface area contributed by atoms with Gasteiger partial charge in [-0.3, -0.25) is 35.1 Å². The molecule has 3 aromatic carbocycles. The molecule has 210 valence electrons. The molecule has 0 bridgehead atoms. The van der Waals surface area contributed by atoms with Crippen LogP contribution in [0.15, 0.2) is 60.2 Å². The maximum Gasteiger partial charge on any atom is 0.335 e. The van der Waals surface area contributed by atoms with Gasteiger partial charge in [0.15, 0.2) is 11.5 Å². The second kappa shape index (κ2) is 11.7. The number of hydrogen-bond donors (Lipinski definition) is 1. The maximum absolute atomic E-state index is 13.2. The number of benzene rings is 3. The molecular formula is C26H19ClN4O10. The molecule has 4 amide bonds. The van der Waals surface area contributed by atoms with Crippen molar-refractivity contribution in [3.63, 3.8) is 0 Å². The van der Waals surface area contributed by atoms with E-state index in [4.69, 9.17) is 25.8 Å². The number of carbonyl (C=O) groups excluding carboxylic acids is 3. The number of anilines is 1. The van der Waals surface area contributed by atoms with Gasteiger partial charge in [0.25, 0.3) is 17.5 Å². The van der Waals surface area contributed by atoms with E-state index < -0.39 is 44.6 Å². The summed E-state index contributed by atoms with van der Waals surface area (Å²) >= 11 is 6.38. The van der Waals surface area contributed by atoms with Crippen molar-refractivity contribution >= 4 is 52.6 Å². The second-order valence-corrected chi connectivity index (χ2v) is 8.59. The number of nitro benzene ring substituents is 2. The van der Waals surface area contributed by atoms with Gasteiger partial charge < -0.3 is 14.2 Å². The van der Waals surface area contributed by atoms with E-state index in [9.17, 15) is 34.6 Å². The van der Waals surface area contributed by atoms with Crippen LogP contribution in [0.1, 0.15) is 12.5 Å². The first-order chi connectivity index (χ1) is 19.5. The van der Waals surface area contributed by atoms with Crippen LogP contribution < -0.4 is 24.4 Å². The van der Waals surface area contributed by atoms with Gasteiger partial charge >= 0.3 is 11.7 Å². The van der Waals surface area contributed by atoms with E-state index in [1.807, 2.05) is 0 Å². The second-order valence-electron chi connectivity index (χ2n) is 8.19. The van der Waals surface area contributed by atoms with Crippen LogP contribution in [0, 0.1) is 20.2 Å². The Labute approximate surface area is 236 Å². The number of hydrogen-bond acceptors (Lipinski definition) is 10. The number of nitrogens with zero attached hydrogens (tertiary/aromatic N) is 3. The molecule has 0 unspecified atom stereocenters. The zero-order chi connectivity index (χ0) is 29.8. The van der Waals surface area contributed by atoms with E-state index in [0.717, 1.165) is 23.1 Å². The molecule has 0 saturated carbocycles. The molecule has 0 atom stereocenters. The van der Waals surface area contributed by atoms with Crippen molar-refractivity contribution in [2.75, 3.05) is 18.6 Å². The third-order valence-corrected chi connectivity index (χ3v) is 5.91. The molecule has 14 nitrogen and oxygen atoms in total. The number of nitrogens with one attached hydrogen (secondary N) is 1. The molecule has 1 aliphatic heterocycles. The topological polar surface area (TPSA) is 180 Å². The summed E-state index contributed by atoms with van der Waals surface area (Å²) in [4.78, 5) is 60.0. The fourth-order valence-corrected chi connectivity index (χ4v) is 4.05. The Balaban J connectivity index is 1.69. The van der Waals surface area contributed by atoms with E-state index in [2.05, 4.69) is 5.32 Å². The monoisotopic (exact) mass is 582 g/mol. The van der Waals surface area contributed by atoms with Crippen molar-refractivity contribution in [1.82, 2.24) is 5.32 Å². The number of nitro groups is 2.